The van der Waals surface area contributed by atoms with Crippen molar-refractivity contribution in [1.29, 1.82) is 0 Å². The van der Waals surface area contributed by atoms with Crippen LogP contribution in [-0.2, 0) is 16.4 Å². The summed E-state index contributed by atoms with van der Waals surface area (Å²) in [5.41, 5.74) is 0.636. The van der Waals surface area contributed by atoms with Crippen LogP contribution in [-0.4, -0.2) is 19.7 Å². The van der Waals surface area contributed by atoms with Crippen LogP contribution in [0.1, 0.15) is 26.3 Å². The lowest BCUT2D eigenvalue weighted by Gasteiger charge is -2.20. The molecule has 0 aliphatic heterocycles. The zero-order chi connectivity index (χ0) is 12.2. The second kappa shape index (κ2) is 4.97. The molecular weight excluding hydrogens is 222 g/mol. The van der Waals surface area contributed by atoms with Crippen LogP contribution in [0.15, 0.2) is 30.3 Å². The smallest absolute Gasteiger partial charge is 0.212 e. The number of benzene rings is 1. The molecule has 0 unspecified atom stereocenters. The quantitative estimate of drug-likeness (QED) is 0.875. The van der Waals surface area contributed by atoms with E-state index >= 15 is 0 Å². The fraction of sp³-hybridized carbons (Fsp3) is 0.500. The highest BCUT2D eigenvalue weighted by Gasteiger charge is 2.19. The molecule has 0 heterocycles. The zero-order valence-corrected chi connectivity index (χ0v) is 10.8. The molecule has 0 saturated carbocycles. The van der Waals surface area contributed by atoms with Gasteiger partial charge in [-0.05, 0) is 32.8 Å². The van der Waals surface area contributed by atoms with Crippen LogP contribution < -0.4 is 4.72 Å². The molecule has 0 saturated heterocycles. The van der Waals surface area contributed by atoms with Crippen molar-refractivity contribution in [3.63, 3.8) is 0 Å². The molecule has 0 aromatic heterocycles. The molecular formula is C12H19NO2S. The summed E-state index contributed by atoms with van der Waals surface area (Å²) in [5.74, 6) is 0.133. The lowest BCUT2D eigenvalue weighted by Crippen LogP contribution is -2.42. The SMILES string of the molecule is CC(C)(C)NS(=O)(=O)CCc1ccccc1. The van der Waals surface area contributed by atoms with Gasteiger partial charge in [-0.2, -0.15) is 0 Å². The Bertz CT molecular complexity index is 418. The van der Waals surface area contributed by atoms with Crippen molar-refractivity contribution in [1.82, 2.24) is 4.72 Å². The Morgan fingerprint density at radius 3 is 2.19 bits per heavy atom. The molecule has 0 spiro atoms. The van der Waals surface area contributed by atoms with E-state index in [4.69, 9.17) is 0 Å². The molecule has 16 heavy (non-hydrogen) atoms. The van der Waals surface area contributed by atoms with Gasteiger partial charge in [-0.25, -0.2) is 13.1 Å². The lowest BCUT2D eigenvalue weighted by molar-refractivity contribution is 0.491. The van der Waals surface area contributed by atoms with Crippen molar-refractivity contribution in [3.05, 3.63) is 35.9 Å². The standard InChI is InChI=1S/C12H19NO2S/c1-12(2,3)13-16(14,15)10-9-11-7-5-4-6-8-11/h4-8,13H,9-10H2,1-3H3. The second-order valence-electron chi connectivity index (χ2n) is 4.91. The van der Waals surface area contributed by atoms with Gasteiger partial charge in [0.2, 0.25) is 10.0 Å². The Labute approximate surface area is 97.9 Å². The molecule has 0 aliphatic rings. The van der Waals surface area contributed by atoms with Crippen LogP contribution in [0, 0.1) is 0 Å². The van der Waals surface area contributed by atoms with Crippen molar-refractivity contribution in [2.75, 3.05) is 5.75 Å². The molecule has 0 amide bonds. The highest BCUT2D eigenvalue weighted by atomic mass is 32.2. The minimum Gasteiger partial charge on any atom is -0.212 e. The Morgan fingerprint density at radius 1 is 1.12 bits per heavy atom. The van der Waals surface area contributed by atoms with Gasteiger partial charge in [-0.3, -0.25) is 0 Å². The van der Waals surface area contributed by atoms with Gasteiger partial charge in [-0.15, -0.1) is 0 Å². The number of sulfonamides is 1. The third-order valence-electron chi connectivity index (χ3n) is 1.96. The summed E-state index contributed by atoms with van der Waals surface area (Å²) in [7, 11) is -3.19. The maximum absolute atomic E-state index is 11.7. The van der Waals surface area contributed by atoms with Gasteiger partial charge >= 0.3 is 0 Å². The van der Waals surface area contributed by atoms with Crippen molar-refractivity contribution < 1.29 is 8.42 Å². The van der Waals surface area contributed by atoms with E-state index in [9.17, 15) is 8.42 Å². The van der Waals surface area contributed by atoms with Crippen LogP contribution in [0.4, 0.5) is 0 Å². The van der Waals surface area contributed by atoms with E-state index in [1.165, 1.54) is 0 Å². The maximum atomic E-state index is 11.7. The second-order valence-corrected chi connectivity index (χ2v) is 6.75. The number of rotatable bonds is 4. The lowest BCUT2D eigenvalue weighted by atomic mass is 10.1. The van der Waals surface area contributed by atoms with E-state index in [2.05, 4.69) is 4.72 Å². The van der Waals surface area contributed by atoms with Crippen molar-refractivity contribution in [3.8, 4) is 0 Å². The number of nitrogens with one attached hydrogen (secondary N) is 1. The van der Waals surface area contributed by atoms with Gasteiger partial charge in [0.25, 0.3) is 0 Å². The van der Waals surface area contributed by atoms with Crippen molar-refractivity contribution >= 4 is 10.0 Å². The summed E-state index contributed by atoms with van der Waals surface area (Å²) >= 11 is 0. The van der Waals surface area contributed by atoms with E-state index < -0.39 is 15.6 Å². The molecule has 0 fully saturated rings. The van der Waals surface area contributed by atoms with Gasteiger partial charge in [0.15, 0.2) is 0 Å². The summed E-state index contributed by atoms with van der Waals surface area (Å²) in [6.07, 6.45) is 0.548. The first kappa shape index (κ1) is 13.2. The first-order valence-electron chi connectivity index (χ1n) is 5.34. The fourth-order valence-corrected chi connectivity index (χ4v) is 2.95. The third kappa shape index (κ3) is 5.28. The van der Waals surface area contributed by atoms with Crippen LogP contribution in [0.25, 0.3) is 0 Å². The monoisotopic (exact) mass is 241 g/mol. The predicted octanol–water partition coefficient (Wildman–Crippen LogP) is 1.95. The molecule has 0 atom stereocenters. The topological polar surface area (TPSA) is 46.2 Å². The third-order valence-corrected chi connectivity index (χ3v) is 3.63. The largest absolute Gasteiger partial charge is 0.212 e. The van der Waals surface area contributed by atoms with E-state index in [-0.39, 0.29) is 5.75 Å². The average Bonchev–Trinajstić information content (AvgIpc) is 2.13. The molecule has 3 nitrogen and oxygen atoms in total. The van der Waals surface area contributed by atoms with Crippen LogP contribution >= 0.6 is 0 Å². The van der Waals surface area contributed by atoms with E-state index in [0.29, 0.717) is 6.42 Å². The summed E-state index contributed by atoms with van der Waals surface area (Å²) in [5, 5.41) is 0. The van der Waals surface area contributed by atoms with Crippen LogP contribution in [0.2, 0.25) is 0 Å². The molecule has 1 aromatic rings. The van der Waals surface area contributed by atoms with Gasteiger partial charge in [0.1, 0.15) is 0 Å². The molecule has 90 valence electrons. The van der Waals surface area contributed by atoms with Crippen LogP contribution in [0.5, 0.6) is 0 Å². The van der Waals surface area contributed by atoms with E-state index in [0.717, 1.165) is 5.56 Å². The van der Waals surface area contributed by atoms with Gasteiger partial charge in [0, 0.05) is 5.54 Å². The molecule has 0 radical (unpaired) electrons. The highest BCUT2D eigenvalue weighted by molar-refractivity contribution is 7.89. The molecule has 1 aromatic carbocycles. The van der Waals surface area contributed by atoms with E-state index in [1.807, 2.05) is 51.1 Å². The molecule has 1 rings (SSSR count). The average molecular weight is 241 g/mol. The number of hydrogen-bond donors (Lipinski definition) is 1. The molecule has 0 aliphatic carbocycles. The Morgan fingerprint density at radius 2 is 1.69 bits per heavy atom. The first-order chi connectivity index (χ1) is 7.29. The normalized spacial score (nSPS) is 12.7. The fourth-order valence-electron chi connectivity index (χ4n) is 1.41. The zero-order valence-electron chi connectivity index (χ0n) is 10.0. The summed E-state index contributed by atoms with van der Waals surface area (Å²) in [6, 6.07) is 9.63. The minimum absolute atomic E-state index is 0.133. The Kier molecular flexibility index (Phi) is 4.10. The summed E-state index contributed by atoms with van der Waals surface area (Å²) < 4.78 is 26.1. The molecule has 1 N–H and O–H groups in total. The maximum Gasteiger partial charge on any atom is 0.212 e. The molecule has 4 heteroatoms. The minimum atomic E-state index is -3.19. The van der Waals surface area contributed by atoms with Gasteiger partial charge in [-0.1, -0.05) is 30.3 Å². The van der Waals surface area contributed by atoms with Crippen molar-refractivity contribution in [2.24, 2.45) is 0 Å². The molecule has 0 bridgehead atoms. The Balaban J connectivity index is 2.56. The van der Waals surface area contributed by atoms with Crippen molar-refractivity contribution in [2.45, 2.75) is 32.7 Å². The predicted molar refractivity (Wildman–Crippen MR) is 66.8 cm³/mol. The summed E-state index contributed by atoms with van der Waals surface area (Å²) in [4.78, 5) is 0. The van der Waals surface area contributed by atoms with E-state index in [1.54, 1.807) is 0 Å². The Hall–Kier alpha value is -0.870. The highest BCUT2D eigenvalue weighted by Crippen LogP contribution is 2.05. The summed E-state index contributed by atoms with van der Waals surface area (Å²) in [6.45, 7) is 5.52. The van der Waals surface area contributed by atoms with Crippen LogP contribution in [0.3, 0.4) is 0 Å². The number of aryl methyl sites for hydroxylation is 1. The van der Waals surface area contributed by atoms with Gasteiger partial charge < -0.3 is 0 Å². The van der Waals surface area contributed by atoms with Gasteiger partial charge in [0.05, 0.1) is 5.75 Å². The number of hydrogen-bond acceptors (Lipinski definition) is 2. The first-order valence-corrected chi connectivity index (χ1v) is 6.99.